The van der Waals surface area contributed by atoms with Gasteiger partial charge in [0.25, 0.3) is 0 Å². The second-order valence-corrected chi connectivity index (χ2v) is 5.00. The molecule has 1 aromatic rings. The Labute approximate surface area is 97.1 Å². The highest BCUT2D eigenvalue weighted by Gasteiger charge is 2.22. The van der Waals surface area contributed by atoms with Gasteiger partial charge in [0, 0.05) is 0 Å². The molecule has 0 aromatic carbocycles. The van der Waals surface area contributed by atoms with Crippen LogP contribution < -0.4 is 5.73 Å². The molecule has 0 aliphatic rings. The Morgan fingerprint density at radius 3 is 2.50 bits per heavy atom. The third-order valence-corrected chi connectivity index (χ3v) is 2.51. The van der Waals surface area contributed by atoms with Gasteiger partial charge in [0.15, 0.2) is 0 Å². The molecule has 0 atom stereocenters. The van der Waals surface area contributed by atoms with Gasteiger partial charge in [0.1, 0.15) is 17.5 Å². The Morgan fingerprint density at radius 2 is 2.06 bits per heavy atom. The lowest BCUT2D eigenvalue weighted by Crippen LogP contribution is -2.25. The predicted molar refractivity (Wildman–Crippen MR) is 65.0 cm³/mol. The van der Waals surface area contributed by atoms with E-state index in [9.17, 15) is 0 Å². The van der Waals surface area contributed by atoms with Gasteiger partial charge in [0.05, 0.1) is 11.2 Å². The first-order valence-corrected chi connectivity index (χ1v) is 5.69. The van der Waals surface area contributed by atoms with Crippen molar-refractivity contribution in [2.75, 3.05) is 5.73 Å². The van der Waals surface area contributed by atoms with Crippen LogP contribution in [0, 0.1) is 11.3 Å². The minimum absolute atomic E-state index is 0.180. The first kappa shape index (κ1) is 12.6. The molecule has 16 heavy (non-hydrogen) atoms. The van der Waals surface area contributed by atoms with Crippen molar-refractivity contribution in [1.29, 1.82) is 5.26 Å². The number of nitrogens with zero attached hydrogens (tertiary/aromatic N) is 3. The monoisotopic (exact) mass is 220 g/mol. The summed E-state index contributed by atoms with van der Waals surface area (Å²) in [6.45, 7) is 8.21. The van der Waals surface area contributed by atoms with Crippen LogP contribution in [0.2, 0.25) is 0 Å². The molecule has 0 spiro atoms. The van der Waals surface area contributed by atoms with Gasteiger partial charge in [-0.15, -0.1) is 0 Å². The van der Waals surface area contributed by atoms with Gasteiger partial charge in [0.2, 0.25) is 0 Å². The quantitative estimate of drug-likeness (QED) is 0.850. The van der Waals surface area contributed by atoms with Gasteiger partial charge in [-0.1, -0.05) is 13.3 Å². The molecule has 1 rings (SSSR count). The van der Waals surface area contributed by atoms with Crippen LogP contribution in [0.5, 0.6) is 0 Å². The van der Waals surface area contributed by atoms with E-state index in [-0.39, 0.29) is 5.54 Å². The predicted octanol–water partition coefficient (Wildman–Crippen LogP) is 2.43. The van der Waals surface area contributed by atoms with Crippen LogP contribution in [0.1, 0.15) is 51.8 Å². The molecule has 0 saturated heterocycles. The van der Waals surface area contributed by atoms with Gasteiger partial charge in [-0.2, -0.15) is 10.4 Å². The number of unbranched alkanes of at least 4 members (excludes halogenated alkanes) is 1. The molecule has 0 aliphatic heterocycles. The average molecular weight is 220 g/mol. The maximum Gasteiger partial charge on any atom is 0.140 e. The van der Waals surface area contributed by atoms with Crippen molar-refractivity contribution in [2.24, 2.45) is 0 Å². The zero-order valence-electron chi connectivity index (χ0n) is 10.5. The number of aryl methyl sites for hydroxylation is 1. The Balaban J connectivity index is 3.16. The molecule has 1 heterocycles. The minimum atomic E-state index is -0.180. The molecule has 0 radical (unpaired) electrons. The van der Waals surface area contributed by atoms with Crippen LogP contribution in [-0.2, 0) is 12.0 Å². The van der Waals surface area contributed by atoms with Gasteiger partial charge in [-0.05, 0) is 33.6 Å². The normalized spacial score (nSPS) is 11.4. The van der Waals surface area contributed by atoms with E-state index in [1.165, 1.54) is 0 Å². The number of rotatable bonds is 3. The van der Waals surface area contributed by atoms with E-state index >= 15 is 0 Å². The number of anilines is 1. The van der Waals surface area contributed by atoms with E-state index < -0.39 is 0 Å². The summed E-state index contributed by atoms with van der Waals surface area (Å²) in [6.07, 6.45) is 2.95. The zero-order valence-corrected chi connectivity index (χ0v) is 10.5. The molecule has 4 heteroatoms. The largest absolute Gasteiger partial charge is 0.383 e. The maximum atomic E-state index is 9.09. The van der Waals surface area contributed by atoms with Gasteiger partial charge in [-0.25, -0.2) is 4.68 Å². The summed E-state index contributed by atoms with van der Waals surface area (Å²) in [5.74, 6) is 0.487. The third-order valence-electron chi connectivity index (χ3n) is 2.51. The fourth-order valence-electron chi connectivity index (χ4n) is 1.63. The Morgan fingerprint density at radius 1 is 1.44 bits per heavy atom. The minimum Gasteiger partial charge on any atom is -0.383 e. The SMILES string of the molecule is CCCCc1nn(C(C)(C)C)c(N)c1C#N. The number of hydrogen-bond acceptors (Lipinski definition) is 3. The van der Waals surface area contributed by atoms with Crippen LogP contribution in [0.15, 0.2) is 0 Å². The van der Waals surface area contributed by atoms with Crippen LogP contribution in [-0.4, -0.2) is 9.78 Å². The summed E-state index contributed by atoms with van der Waals surface area (Å²) >= 11 is 0. The van der Waals surface area contributed by atoms with Gasteiger partial charge in [-0.3, -0.25) is 0 Å². The Bertz CT molecular complexity index is 404. The highest BCUT2D eigenvalue weighted by Crippen LogP contribution is 2.24. The van der Waals surface area contributed by atoms with Crippen molar-refractivity contribution in [3.05, 3.63) is 11.3 Å². The first-order chi connectivity index (χ1) is 7.41. The average Bonchev–Trinajstić information content (AvgIpc) is 2.51. The highest BCUT2D eigenvalue weighted by molar-refractivity contribution is 5.52. The molecule has 0 bridgehead atoms. The summed E-state index contributed by atoms with van der Waals surface area (Å²) in [6, 6.07) is 2.16. The second-order valence-electron chi connectivity index (χ2n) is 5.00. The van der Waals surface area contributed by atoms with E-state index in [1.807, 2.05) is 20.8 Å². The molecule has 4 nitrogen and oxygen atoms in total. The van der Waals surface area contributed by atoms with E-state index in [2.05, 4.69) is 18.1 Å². The van der Waals surface area contributed by atoms with Gasteiger partial charge < -0.3 is 5.73 Å². The Kier molecular flexibility index (Phi) is 3.58. The van der Waals surface area contributed by atoms with Crippen molar-refractivity contribution in [3.8, 4) is 6.07 Å². The summed E-state index contributed by atoms with van der Waals surface area (Å²) in [7, 11) is 0. The fourth-order valence-corrected chi connectivity index (χ4v) is 1.63. The summed E-state index contributed by atoms with van der Waals surface area (Å²) in [5, 5.41) is 13.6. The smallest absolute Gasteiger partial charge is 0.140 e. The van der Waals surface area contributed by atoms with E-state index in [4.69, 9.17) is 11.0 Å². The molecule has 88 valence electrons. The molecule has 1 aromatic heterocycles. The van der Waals surface area contributed by atoms with Crippen LogP contribution in [0.3, 0.4) is 0 Å². The topological polar surface area (TPSA) is 67.6 Å². The number of aromatic nitrogens is 2. The summed E-state index contributed by atoms with van der Waals surface area (Å²) < 4.78 is 1.75. The van der Waals surface area contributed by atoms with Crippen molar-refractivity contribution in [3.63, 3.8) is 0 Å². The van der Waals surface area contributed by atoms with Crippen molar-refractivity contribution in [1.82, 2.24) is 9.78 Å². The fraction of sp³-hybridized carbons (Fsp3) is 0.667. The highest BCUT2D eigenvalue weighted by atomic mass is 15.3. The van der Waals surface area contributed by atoms with Crippen molar-refractivity contribution < 1.29 is 0 Å². The van der Waals surface area contributed by atoms with E-state index in [0.717, 1.165) is 25.0 Å². The van der Waals surface area contributed by atoms with Crippen molar-refractivity contribution >= 4 is 5.82 Å². The van der Waals surface area contributed by atoms with Crippen LogP contribution in [0.25, 0.3) is 0 Å². The number of nitrogens with two attached hydrogens (primary N) is 1. The second kappa shape index (κ2) is 4.56. The zero-order chi connectivity index (χ0) is 12.3. The number of nitrogen functional groups attached to an aromatic ring is 1. The van der Waals surface area contributed by atoms with Crippen LogP contribution >= 0.6 is 0 Å². The van der Waals surface area contributed by atoms with Gasteiger partial charge >= 0.3 is 0 Å². The molecule has 0 aliphatic carbocycles. The lowest BCUT2D eigenvalue weighted by atomic mass is 10.1. The summed E-state index contributed by atoms with van der Waals surface area (Å²) in [5.41, 5.74) is 7.15. The first-order valence-electron chi connectivity index (χ1n) is 5.69. The van der Waals surface area contributed by atoms with E-state index in [0.29, 0.717) is 11.4 Å². The lowest BCUT2D eigenvalue weighted by molar-refractivity contribution is 0.359. The number of hydrogen-bond donors (Lipinski definition) is 1. The standard InChI is InChI=1S/C12H20N4/c1-5-6-7-10-9(8-13)11(14)16(15-10)12(2,3)4/h5-7,14H2,1-4H3. The van der Waals surface area contributed by atoms with E-state index in [1.54, 1.807) is 4.68 Å². The third kappa shape index (κ3) is 2.35. The lowest BCUT2D eigenvalue weighted by Gasteiger charge is -2.20. The van der Waals surface area contributed by atoms with Crippen LogP contribution in [0.4, 0.5) is 5.82 Å². The molecular weight excluding hydrogens is 200 g/mol. The molecule has 2 N–H and O–H groups in total. The molecule has 0 unspecified atom stereocenters. The number of nitriles is 1. The maximum absolute atomic E-state index is 9.09. The molecule has 0 amide bonds. The Hall–Kier alpha value is -1.50. The molecule has 0 saturated carbocycles. The van der Waals surface area contributed by atoms with Crippen molar-refractivity contribution in [2.45, 2.75) is 52.5 Å². The summed E-state index contributed by atoms with van der Waals surface area (Å²) in [4.78, 5) is 0. The molecular formula is C12H20N4. The molecule has 0 fully saturated rings.